The summed E-state index contributed by atoms with van der Waals surface area (Å²) in [7, 11) is 0. The van der Waals surface area contributed by atoms with Gasteiger partial charge in [-0.1, -0.05) is 18.6 Å². The molecule has 1 unspecified atom stereocenters. The maximum atomic E-state index is 12.5. The quantitative estimate of drug-likeness (QED) is 0.928. The van der Waals surface area contributed by atoms with E-state index in [-0.39, 0.29) is 23.7 Å². The third-order valence-corrected chi connectivity index (χ3v) is 4.22. The lowest BCUT2D eigenvalue weighted by Crippen LogP contribution is -2.34. The van der Waals surface area contributed by atoms with Gasteiger partial charge in [-0.25, -0.2) is 0 Å². The van der Waals surface area contributed by atoms with Gasteiger partial charge in [-0.05, 0) is 43.5 Å². The molecule has 0 aliphatic carbocycles. The molecule has 2 heterocycles. The van der Waals surface area contributed by atoms with Crippen molar-refractivity contribution in [3.63, 3.8) is 0 Å². The highest BCUT2D eigenvalue weighted by molar-refractivity contribution is 5.96. The largest absolute Gasteiger partial charge is 0.451 e. The number of halogens is 1. The Morgan fingerprint density at radius 1 is 1.43 bits per heavy atom. The van der Waals surface area contributed by atoms with Crippen LogP contribution < -0.4 is 5.73 Å². The van der Waals surface area contributed by atoms with E-state index in [0.717, 1.165) is 29.5 Å². The first kappa shape index (κ1) is 15.9. The lowest BCUT2D eigenvalue weighted by molar-refractivity contribution is 0.0747. The van der Waals surface area contributed by atoms with Gasteiger partial charge in [0.15, 0.2) is 5.76 Å². The summed E-state index contributed by atoms with van der Waals surface area (Å²) in [6.45, 7) is 6.22. The van der Waals surface area contributed by atoms with Gasteiger partial charge in [0, 0.05) is 18.5 Å². The molecular formula is C16H21ClN2O2. The second kappa shape index (κ2) is 5.70. The van der Waals surface area contributed by atoms with Gasteiger partial charge in [0.2, 0.25) is 0 Å². The summed E-state index contributed by atoms with van der Waals surface area (Å²) < 4.78 is 5.68. The summed E-state index contributed by atoms with van der Waals surface area (Å²) >= 11 is 0. The van der Waals surface area contributed by atoms with Crippen molar-refractivity contribution in [2.45, 2.75) is 20.3 Å². The van der Waals surface area contributed by atoms with Gasteiger partial charge in [-0.3, -0.25) is 4.79 Å². The average molecular weight is 309 g/mol. The van der Waals surface area contributed by atoms with Crippen LogP contribution in [0.3, 0.4) is 0 Å². The van der Waals surface area contributed by atoms with E-state index in [1.165, 1.54) is 0 Å². The van der Waals surface area contributed by atoms with Crippen molar-refractivity contribution in [3.05, 3.63) is 35.6 Å². The zero-order valence-electron chi connectivity index (χ0n) is 12.4. The number of nitrogens with two attached hydrogens (primary N) is 1. The van der Waals surface area contributed by atoms with E-state index in [9.17, 15) is 4.79 Å². The predicted octanol–water partition coefficient (Wildman–Crippen LogP) is 2.97. The monoisotopic (exact) mass is 308 g/mol. The molecular weight excluding hydrogens is 288 g/mol. The maximum absolute atomic E-state index is 12.5. The maximum Gasteiger partial charge on any atom is 0.289 e. The zero-order valence-corrected chi connectivity index (χ0v) is 13.2. The first-order valence-corrected chi connectivity index (χ1v) is 7.00. The number of nitrogens with zero attached hydrogens (tertiary/aromatic N) is 1. The number of furan rings is 1. The number of aryl methyl sites for hydroxylation is 1. The molecule has 0 spiro atoms. The van der Waals surface area contributed by atoms with E-state index in [1.54, 1.807) is 0 Å². The fraction of sp³-hybridized carbons (Fsp3) is 0.438. The number of benzene rings is 1. The Morgan fingerprint density at radius 2 is 2.19 bits per heavy atom. The highest BCUT2D eigenvalue weighted by atomic mass is 35.5. The normalized spacial score (nSPS) is 21.6. The van der Waals surface area contributed by atoms with Crippen LogP contribution in [0.1, 0.15) is 29.5 Å². The molecule has 1 amide bonds. The number of likely N-dealkylation sites (tertiary alicyclic amines) is 1. The molecule has 4 nitrogen and oxygen atoms in total. The molecule has 5 heteroatoms. The Kier molecular flexibility index (Phi) is 4.30. The topological polar surface area (TPSA) is 59.5 Å². The molecule has 1 aromatic carbocycles. The predicted molar refractivity (Wildman–Crippen MR) is 85.9 cm³/mol. The van der Waals surface area contributed by atoms with Crippen molar-refractivity contribution in [3.8, 4) is 0 Å². The summed E-state index contributed by atoms with van der Waals surface area (Å²) in [5.74, 6) is 0.392. The fourth-order valence-electron chi connectivity index (χ4n) is 2.79. The SMILES string of the molecule is Cc1ccc2oc(C(=O)N3CCC(C)(CN)C3)cc2c1.Cl. The molecule has 2 N–H and O–H groups in total. The number of hydrogen-bond acceptors (Lipinski definition) is 3. The van der Waals surface area contributed by atoms with Crippen molar-refractivity contribution in [1.29, 1.82) is 0 Å². The Hall–Kier alpha value is -1.52. The molecule has 1 aliphatic rings. The average Bonchev–Trinajstić information content (AvgIpc) is 3.02. The Morgan fingerprint density at radius 3 is 2.86 bits per heavy atom. The summed E-state index contributed by atoms with van der Waals surface area (Å²) in [5, 5.41) is 0.981. The fourth-order valence-corrected chi connectivity index (χ4v) is 2.79. The van der Waals surface area contributed by atoms with Crippen LogP contribution in [0.25, 0.3) is 11.0 Å². The van der Waals surface area contributed by atoms with Crippen LogP contribution in [0, 0.1) is 12.3 Å². The van der Waals surface area contributed by atoms with Gasteiger partial charge in [-0.15, -0.1) is 12.4 Å². The second-order valence-electron chi connectivity index (χ2n) is 6.14. The van der Waals surface area contributed by atoms with Gasteiger partial charge in [0.1, 0.15) is 5.58 Å². The summed E-state index contributed by atoms with van der Waals surface area (Å²) in [5.41, 5.74) is 7.75. The molecule has 1 saturated heterocycles. The molecule has 2 aromatic rings. The molecule has 1 fully saturated rings. The smallest absolute Gasteiger partial charge is 0.289 e. The Bertz CT molecular complexity index is 667. The molecule has 1 aromatic heterocycles. The first-order valence-electron chi connectivity index (χ1n) is 7.00. The van der Waals surface area contributed by atoms with Crippen LogP contribution in [-0.4, -0.2) is 30.4 Å². The van der Waals surface area contributed by atoms with Crippen molar-refractivity contribution >= 4 is 29.3 Å². The number of carbonyl (C=O) groups excluding carboxylic acids is 1. The van der Waals surface area contributed by atoms with Gasteiger partial charge in [0.25, 0.3) is 5.91 Å². The Labute approximate surface area is 130 Å². The van der Waals surface area contributed by atoms with E-state index in [4.69, 9.17) is 10.2 Å². The molecule has 0 bridgehead atoms. The standard InChI is InChI=1S/C16H20N2O2.ClH/c1-11-3-4-13-12(7-11)8-14(20-13)15(19)18-6-5-16(2,9-17)10-18;/h3-4,7-8H,5-6,9-10,17H2,1-2H3;1H. The van der Waals surface area contributed by atoms with Gasteiger partial charge in [0.05, 0.1) is 0 Å². The number of carbonyl (C=O) groups is 1. The molecule has 3 rings (SSSR count). The van der Waals surface area contributed by atoms with E-state index in [0.29, 0.717) is 18.8 Å². The number of amides is 1. The third-order valence-electron chi connectivity index (χ3n) is 4.22. The molecule has 1 aliphatic heterocycles. The second-order valence-corrected chi connectivity index (χ2v) is 6.14. The summed E-state index contributed by atoms with van der Waals surface area (Å²) in [6.07, 6.45) is 0.953. The van der Waals surface area contributed by atoms with Crippen LogP contribution in [0.4, 0.5) is 0 Å². The lowest BCUT2D eigenvalue weighted by atomic mass is 9.90. The van der Waals surface area contributed by atoms with Crippen LogP contribution in [0.2, 0.25) is 0 Å². The number of hydrogen-bond donors (Lipinski definition) is 1. The highest BCUT2D eigenvalue weighted by Crippen LogP contribution is 2.30. The Balaban J connectivity index is 0.00000161. The van der Waals surface area contributed by atoms with Crippen LogP contribution in [-0.2, 0) is 0 Å². The van der Waals surface area contributed by atoms with Crippen molar-refractivity contribution in [2.75, 3.05) is 19.6 Å². The molecule has 21 heavy (non-hydrogen) atoms. The van der Waals surface area contributed by atoms with E-state index < -0.39 is 0 Å². The molecule has 1 atom stereocenters. The van der Waals surface area contributed by atoms with E-state index >= 15 is 0 Å². The van der Waals surface area contributed by atoms with Gasteiger partial charge in [-0.2, -0.15) is 0 Å². The third kappa shape index (κ3) is 2.92. The minimum atomic E-state index is -0.0315. The van der Waals surface area contributed by atoms with Crippen molar-refractivity contribution in [2.24, 2.45) is 11.1 Å². The van der Waals surface area contributed by atoms with E-state index in [2.05, 4.69) is 6.92 Å². The van der Waals surface area contributed by atoms with Gasteiger partial charge >= 0.3 is 0 Å². The van der Waals surface area contributed by atoms with Crippen molar-refractivity contribution in [1.82, 2.24) is 4.90 Å². The minimum Gasteiger partial charge on any atom is -0.451 e. The van der Waals surface area contributed by atoms with E-state index in [1.807, 2.05) is 36.1 Å². The lowest BCUT2D eigenvalue weighted by Gasteiger charge is -2.21. The van der Waals surface area contributed by atoms with Crippen LogP contribution in [0.5, 0.6) is 0 Å². The minimum absolute atomic E-state index is 0. The number of fused-ring (bicyclic) bond motifs is 1. The molecule has 114 valence electrons. The number of rotatable bonds is 2. The van der Waals surface area contributed by atoms with Gasteiger partial charge < -0.3 is 15.1 Å². The van der Waals surface area contributed by atoms with Crippen LogP contribution >= 0.6 is 12.4 Å². The first-order chi connectivity index (χ1) is 9.50. The summed E-state index contributed by atoms with van der Waals surface area (Å²) in [4.78, 5) is 14.3. The van der Waals surface area contributed by atoms with Crippen molar-refractivity contribution < 1.29 is 9.21 Å². The molecule has 0 saturated carbocycles. The zero-order chi connectivity index (χ0) is 14.3. The summed E-state index contributed by atoms with van der Waals surface area (Å²) in [6, 6.07) is 7.77. The van der Waals surface area contributed by atoms with Crippen LogP contribution in [0.15, 0.2) is 28.7 Å². The molecule has 0 radical (unpaired) electrons. The highest BCUT2D eigenvalue weighted by Gasteiger charge is 2.36.